The predicted octanol–water partition coefficient (Wildman–Crippen LogP) is 2.22. The summed E-state index contributed by atoms with van der Waals surface area (Å²) in [6, 6.07) is 5.76. The summed E-state index contributed by atoms with van der Waals surface area (Å²) < 4.78 is 1.87. The Morgan fingerprint density at radius 3 is 3.09 bits per heavy atom. The average molecular weight is 212 g/mol. The van der Waals surface area contributed by atoms with E-state index in [0.29, 0.717) is 0 Å². The lowest BCUT2D eigenvalue weighted by Gasteiger charge is -1.99. The molecule has 1 aliphatic heterocycles. The Morgan fingerprint density at radius 2 is 2.27 bits per heavy atom. The molecule has 0 N–H and O–H groups in total. The first-order chi connectivity index (χ1) is 5.27. The molecule has 0 unspecified atom stereocenters. The number of halogens is 1. The van der Waals surface area contributed by atoms with Crippen molar-refractivity contribution in [3.05, 3.63) is 33.4 Å². The molecule has 0 saturated carbocycles. The molecule has 2 nitrogen and oxygen atoms in total. The number of rotatable bonds is 0. The molecule has 1 aromatic carbocycles. The second-order valence-electron chi connectivity index (χ2n) is 2.49. The van der Waals surface area contributed by atoms with Gasteiger partial charge in [0.15, 0.2) is 6.21 Å². The quantitative estimate of drug-likeness (QED) is 0.478. The van der Waals surface area contributed by atoms with Crippen LogP contribution in [-0.4, -0.2) is 11.0 Å². The predicted molar refractivity (Wildman–Crippen MR) is 47.2 cm³/mol. The molecule has 2 rings (SSSR count). The maximum Gasteiger partial charge on any atom is 0.221 e. The molecule has 0 bridgehead atoms. The SMILES string of the molecule is [O-][N+]1=CCc2ccc(Br)cc21. The van der Waals surface area contributed by atoms with Gasteiger partial charge in [0.25, 0.3) is 0 Å². The third kappa shape index (κ3) is 1.05. The van der Waals surface area contributed by atoms with Gasteiger partial charge in [0.2, 0.25) is 5.69 Å². The van der Waals surface area contributed by atoms with Crippen molar-refractivity contribution in [2.24, 2.45) is 0 Å². The Kier molecular flexibility index (Phi) is 1.46. The van der Waals surface area contributed by atoms with Crippen molar-refractivity contribution in [3.63, 3.8) is 0 Å². The molecule has 0 saturated heterocycles. The van der Waals surface area contributed by atoms with Crippen LogP contribution >= 0.6 is 15.9 Å². The molecule has 0 radical (unpaired) electrons. The lowest BCUT2D eigenvalue weighted by molar-refractivity contribution is -0.351. The number of fused-ring (bicyclic) bond motifs is 1. The van der Waals surface area contributed by atoms with E-state index in [4.69, 9.17) is 0 Å². The van der Waals surface area contributed by atoms with Crippen molar-refractivity contribution < 1.29 is 4.74 Å². The van der Waals surface area contributed by atoms with Gasteiger partial charge >= 0.3 is 0 Å². The molecule has 0 atom stereocenters. The van der Waals surface area contributed by atoms with Crippen LogP contribution in [0.5, 0.6) is 0 Å². The van der Waals surface area contributed by atoms with Crippen LogP contribution in [-0.2, 0) is 6.42 Å². The molecule has 3 heteroatoms. The summed E-state index contributed by atoms with van der Waals surface area (Å²) in [5, 5.41) is 11.1. The van der Waals surface area contributed by atoms with E-state index < -0.39 is 0 Å². The fraction of sp³-hybridized carbons (Fsp3) is 0.125. The summed E-state index contributed by atoms with van der Waals surface area (Å²) in [6.07, 6.45) is 2.39. The standard InChI is InChI=1S/C8H6BrNO/c9-7-2-1-6-3-4-10(11)8(6)5-7/h1-2,4-5H,3H2. The summed E-state index contributed by atoms with van der Waals surface area (Å²) in [7, 11) is 0. The highest BCUT2D eigenvalue weighted by Crippen LogP contribution is 2.26. The van der Waals surface area contributed by atoms with Crippen LogP contribution in [0.4, 0.5) is 5.69 Å². The van der Waals surface area contributed by atoms with E-state index in [1.54, 1.807) is 6.21 Å². The molecule has 11 heavy (non-hydrogen) atoms. The monoisotopic (exact) mass is 211 g/mol. The van der Waals surface area contributed by atoms with E-state index in [1.807, 2.05) is 18.2 Å². The summed E-state index contributed by atoms with van der Waals surface area (Å²) in [5.74, 6) is 0. The lowest BCUT2D eigenvalue weighted by atomic mass is 10.2. The molecule has 0 spiro atoms. The highest BCUT2D eigenvalue weighted by atomic mass is 79.9. The fourth-order valence-electron chi connectivity index (χ4n) is 1.19. The number of hydrogen-bond acceptors (Lipinski definition) is 1. The molecule has 56 valence electrons. The first-order valence-electron chi connectivity index (χ1n) is 3.35. The highest BCUT2D eigenvalue weighted by Gasteiger charge is 2.16. The van der Waals surface area contributed by atoms with Crippen molar-refractivity contribution in [2.45, 2.75) is 6.42 Å². The van der Waals surface area contributed by atoms with E-state index in [0.717, 1.165) is 26.9 Å². The van der Waals surface area contributed by atoms with E-state index in [-0.39, 0.29) is 0 Å². The minimum Gasteiger partial charge on any atom is -0.618 e. The third-order valence-electron chi connectivity index (χ3n) is 1.76. The van der Waals surface area contributed by atoms with E-state index >= 15 is 0 Å². The van der Waals surface area contributed by atoms with Gasteiger partial charge < -0.3 is 5.21 Å². The second kappa shape index (κ2) is 2.34. The van der Waals surface area contributed by atoms with Crippen molar-refractivity contribution in [1.82, 2.24) is 0 Å². The first kappa shape index (κ1) is 6.85. The Hall–Kier alpha value is -0.830. The second-order valence-corrected chi connectivity index (χ2v) is 3.40. The Labute approximate surface area is 72.9 Å². The van der Waals surface area contributed by atoms with Gasteiger partial charge in [-0.25, -0.2) is 0 Å². The van der Waals surface area contributed by atoms with E-state index in [1.165, 1.54) is 0 Å². The van der Waals surface area contributed by atoms with E-state index in [9.17, 15) is 5.21 Å². The van der Waals surface area contributed by atoms with Gasteiger partial charge in [-0.05, 0) is 6.07 Å². The van der Waals surface area contributed by atoms with Crippen LogP contribution in [0.15, 0.2) is 22.7 Å². The van der Waals surface area contributed by atoms with Gasteiger partial charge in [0, 0.05) is 16.1 Å². The van der Waals surface area contributed by atoms with Gasteiger partial charge in [-0.1, -0.05) is 22.0 Å². The molecule has 1 aromatic rings. The summed E-state index contributed by atoms with van der Waals surface area (Å²) in [5.41, 5.74) is 1.86. The van der Waals surface area contributed by atoms with Crippen LogP contribution in [0, 0.1) is 5.21 Å². The number of benzene rings is 1. The molecule has 0 amide bonds. The maximum atomic E-state index is 11.1. The molecule has 1 aliphatic rings. The maximum absolute atomic E-state index is 11.1. The number of nitrogens with zero attached hydrogens (tertiary/aromatic N) is 1. The van der Waals surface area contributed by atoms with Crippen LogP contribution in [0.3, 0.4) is 0 Å². The summed E-state index contributed by atoms with van der Waals surface area (Å²) in [6.45, 7) is 0. The van der Waals surface area contributed by atoms with Crippen molar-refractivity contribution in [2.75, 3.05) is 0 Å². The van der Waals surface area contributed by atoms with Crippen LogP contribution in [0.2, 0.25) is 0 Å². The van der Waals surface area contributed by atoms with Gasteiger partial charge in [-0.3, -0.25) is 0 Å². The lowest BCUT2D eigenvalue weighted by Crippen LogP contribution is -1.88. The normalized spacial score (nSPS) is 14.5. The fourth-order valence-corrected chi connectivity index (χ4v) is 1.54. The molecular weight excluding hydrogens is 206 g/mol. The molecule has 0 fully saturated rings. The van der Waals surface area contributed by atoms with Gasteiger partial charge in [0.05, 0.1) is 6.42 Å². The average Bonchev–Trinajstić information content (AvgIpc) is 2.33. The zero-order valence-electron chi connectivity index (χ0n) is 5.75. The molecular formula is C8H6BrNO. The highest BCUT2D eigenvalue weighted by molar-refractivity contribution is 9.10. The minimum atomic E-state index is 0.756. The minimum absolute atomic E-state index is 0.756. The smallest absolute Gasteiger partial charge is 0.221 e. The Balaban J connectivity index is 2.60. The van der Waals surface area contributed by atoms with Crippen LogP contribution in [0.1, 0.15) is 5.56 Å². The first-order valence-corrected chi connectivity index (χ1v) is 4.15. The molecule has 0 aliphatic carbocycles. The van der Waals surface area contributed by atoms with Crippen LogP contribution in [0.25, 0.3) is 0 Å². The van der Waals surface area contributed by atoms with Gasteiger partial charge in [-0.2, -0.15) is 4.74 Å². The van der Waals surface area contributed by atoms with Crippen molar-refractivity contribution in [3.8, 4) is 0 Å². The number of hydrogen-bond donors (Lipinski definition) is 0. The Morgan fingerprint density at radius 1 is 1.45 bits per heavy atom. The van der Waals surface area contributed by atoms with E-state index in [2.05, 4.69) is 15.9 Å². The van der Waals surface area contributed by atoms with Crippen molar-refractivity contribution in [1.29, 1.82) is 0 Å². The largest absolute Gasteiger partial charge is 0.618 e. The summed E-state index contributed by atoms with van der Waals surface area (Å²) in [4.78, 5) is 0. The van der Waals surface area contributed by atoms with Gasteiger partial charge in [0.1, 0.15) is 0 Å². The zero-order chi connectivity index (χ0) is 7.84. The Bertz CT molecular complexity index is 333. The molecule has 0 aromatic heterocycles. The van der Waals surface area contributed by atoms with Crippen LogP contribution < -0.4 is 0 Å². The topological polar surface area (TPSA) is 26.1 Å². The molecule has 1 heterocycles. The van der Waals surface area contributed by atoms with Crippen molar-refractivity contribution >= 4 is 27.8 Å². The summed E-state index contributed by atoms with van der Waals surface area (Å²) >= 11 is 3.31. The van der Waals surface area contributed by atoms with Gasteiger partial charge in [-0.15, -0.1) is 0 Å². The third-order valence-corrected chi connectivity index (χ3v) is 2.26. The zero-order valence-corrected chi connectivity index (χ0v) is 7.34.